The highest BCUT2D eigenvalue weighted by atomic mass is 31.2. The number of hydrogen-bond acceptors (Lipinski definition) is 10. The minimum absolute atomic E-state index is 0.00592. The molecule has 0 aromatic heterocycles. The molecule has 1 N–H and O–H groups in total. The van der Waals surface area contributed by atoms with Gasteiger partial charge in [-0.15, -0.1) is 0 Å². The number of ether oxygens (including phenoxy) is 2. The average Bonchev–Trinajstić information content (AvgIpc) is 2.90. The zero-order valence-electron chi connectivity index (χ0n) is 20.2. The first kappa shape index (κ1) is 28.6. The summed E-state index contributed by atoms with van der Waals surface area (Å²) in [5.41, 5.74) is 0.975. The highest BCUT2D eigenvalue weighted by Crippen LogP contribution is 2.49. The number of nitrogens with one attached hydrogen (secondary N) is 1. The molecular weight excluding hydrogens is 495 g/mol. The molecule has 0 saturated heterocycles. The Hall–Kier alpha value is -3.60. The molecule has 36 heavy (non-hydrogen) atoms. The monoisotopic (exact) mass is 522 g/mol. The van der Waals surface area contributed by atoms with Gasteiger partial charge < -0.3 is 23.8 Å². The fourth-order valence-electron chi connectivity index (χ4n) is 3.40. The minimum Gasteiger partial charge on any atom is -0.469 e. The van der Waals surface area contributed by atoms with Gasteiger partial charge in [0.25, 0.3) is 11.6 Å². The maximum absolute atomic E-state index is 13.0. The number of rotatable bonds is 12. The van der Waals surface area contributed by atoms with Gasteiger partial charge in [0, 0.05) is 37.8 Å². The van der Waals surface area contributed by atoms with Gasteiger partial charge in [-0.3, -0.25) is 24.3 Å². The Morgan fingerprint density at radius 2 is 1.53 bits per heavy atom. The highest BCUT2D eigenvalue weighted by molar-refractivity contribution is 7.52. The largest absolute Gasteiger partial charge is 0.469 e. The Kier molecular flexibility index (Phi) is 10.3. The number of methoxy groups -OCH3 is 2. The number of nitrogens with zero attached hydrogens (tertiary/aromatic N) is 1. The molecule has 0 heterocycles. The summed E-state index contributed by atoms with van der Waals surface area (Å²) in [6.07, 6.45) is -0.315. The molecule has 194 valence electrons. The second-order valence-corrected chi connectivity index (χ2v) is 9.81. The van der Waals surface area contributed by atoms with E-state index in [1.807, 2.05) is 0 Å². The summed E-state index contributed by atoms with van der Waals surface area (Å²) in [6.45, 7) is 0. The molecule has 0 unspecified atom stereocenters. The van der Waals surface area contributed by atoms with E-state index in [1.54, 1.807) is 12.1 Å². The fourth-order valence-corrected chi connectivity index (χ4v) is 4.46. The number of carbonyl (C=O) groups excluding carboxylic acids is 3. The van der Waals surface area contributed by atoms with Crippen molar-refractivity contribution in [3.63, 3.8) is 0 Å². The van der Waals surface area contributed by atoms with Gasteiger partial charge in [0.1, 0.15) is 6.04 Å². The summed E-state index contributed by atoms with van der Waals surface area (Å²) in [6, 6.07) is 10.00. The number of hydrogen-bond donors (Lipinski definition) is 1. The van der Waals surface area contributed by atoms with Crippen LogP contribution >= 0.6 is 7.60 Å². The van der Waals surface area contributed by atoms with E-state index in [9.17, 15) is 29.1 Å². The van der Waals surface area contributed by atoms with E-state index in [2.05, 4.69) is 5.32 Å². The van der Waals surface area contributed by atoms with Crippen molar-refractivity contribution in [2.45, 2.75) is 24.5 Å². The second-order valence-electron chi connectivity index (χ2n) is 7.54. The van der Waals surface area contributed by atoms with Crippen molar-refractivity contribution in [2.24, 2.45) is 0 Å². The lowest BCUT2D eigenvalue weighted by atomic mass is 9.88. The first-order chi connectivity index (χ1) is 17.1. The van der Waals surface area contributed by atoms with Crippen LogP contribution in [0.25, 0.3) is 0 Å². The molecule has 13 heteroatoms. The molecule has 12 nitrogen and oxygen atoms in total. The number of amides is 1. The van der Waals surface area contributed by atoms with E-state index < -0.39 is 42.3 Å². The molecule has 1 amide bonds. The third kappa shape index (κ3) is 7.45. The first-order valence-electron chi connectivity index (χ1n) is 10.6. The lowest BCUT2D eigenvalue weighted by Crippen LogP contribution is -2.46. The van der Waals surface area contributed by atoms with Crippen molar-refractivity contribution in [2.75, 3.05) is 28.4 Å². The standard InChI is InChI=1S/C23H27N2O10P/c1-32-20(26)13-19(16-9-11-18(12-10-16)25(29)30)21(23(28)33-2)24-22(27)17-7-5-15(6-8-17)14-36(31,34-3)35-4/h5-12,19,21H,13-14H2,1-4H3,(H,24,27)/t19-,21+/m0/s1. The minimum atomic E-state index is -3.30. The van der Waals surface area contributed by atoms with Crippen molar-refractivity contribution in [3.05, 3.63) is 75.3 Å². The van der Waals surface area contributed by atoms with Crippen LogP contribution in [0.3, 0.4) is 0 Å². The third-order valence-corrected chi connectivity index (χ3v) is 7.30. The molecule has 2 rings (SSSR count). The Balaban J connectivity index is 2.34. The Morgan fingerprint density at radius 1 is 0.944 bits per heavy atom. The van der Waals surface area contributed by atoms with Crippen LogP contribution in [0, 0.1) is 10.1 Å². The molecular formula is C23H27N2O10P. The van der Waals surface area contributed by atoms with Crippen molar-refractivity contribution < 1.29 is 42.4 Å². The van der Waals surface area contributed by atoms with Crippen LogP contribution in [0.5, 0.6) is 0 Å². The Labute approximate surface area is 207 Å². The number of non-ortho nitro benzene ring substituents is 1. The molecule has 0 saturated carbocycles. The van der Waals surface area contributed by atoms with Gasteiger partial charge in [-0.2, -0.15) is 0 Å². The van der Waals surface area contributed by atoms with Crippen molar-refractivity contribution in [1.82, 2.24) is 5.32 Å². The van der Waals surface area contributed by atoms with Gasteiger partial charge in [-0.25, -0.2) is 4.79 Å². The van der Waals surface area contributed by atoms with Gasteiger partial charge >= 0.3 is 19.5 Å². The predicted molar refractivity (Wildman–Crippen MR) is 128 cm³/mol. The first-order valence-corrected chi connectivity index (χ1v) is 12.3. The van der Waals surface area contributed by atoms with Gasteiger partial charge in [0.05, 0.1) is 31.7 Å². The van der Waals surface area contributed by atoms with Crippen molar-refractivity contribution in [3.8, 4) is 0 Å². The van der Waals surface area contributed by atoms with Gasteiger partial charge in [-0.1, -0.05) is 24.3 Å². The Morgan fingerprint density at radius 3 is 2.00 bits per heavy atom. The van der Waals surface area contributed by atoms with Crippen LogP contribution in [0.15, 0.2) is 48.5 Å². The average molecular weight is 522 g/mol. The molecule has 0 aliphatic rings. The van der Waals surface area contributed by atoms with Crippen LogP contribution in [-0.4, -0.2) is 57.3 Å². The van der Waals surface area contributed by atoms with Crippen molar-refractivity contribution in [1.29, 1.82) is 0 Å². The van der Waals surface area contributed by atoms with E-state index in [1.165, 1.54) is 57.7 Å². The fraction of sp³-hybridized carbons (Fsp3) is 0.348. The molecule has 2 atom stereocenters. The maximum atomic E-state index is 13.0. The second kappa shape index (κ2) is 12.9. The summed E-state index contributed by atoms with van der Waals surface area (Å²) in [5.74, 6) is -3.07. The quantitative estimate of drug-likeness (QED) is 0.190. The number of nitro benzene ring substituents is 1. The van der Waals surface area contributed by atoms with E-state index in [0.717, 1.165) is 7.11 Å². The lowest BCUT2D eigenvalue weighted by Gasteiger charge is -2.26. The molecule has 0 aliphatic carbocycles. The molecule has 0 aliphatic heterocycles. The van der Waals surface area contributed by atoms with E-state index in [0.29, 0.717) is 11.1 Å². The molecule has 2 aromatic carbocycles. The topological polar surface area (TPSA) is 160 Å². The van der Waals surface area contributed by atoms with Crippen LogP contribution in [0.1, 0.15) is 33.8 Å². The zero-order valence-corrected chi connectivity index (χ0v) is 21.1. The predicted octanol–water partition coefficient (Wildman–Crippen LogP) is 3.20. The molecule has 0 radical (unpaired) electrons. The summed E-state index contributed by atoms with van der Waals surface area (Å²) >= 11 is 0. The summed E-state index contributed by atoms with van der Waals surface area (Å²) in [4.78, 5) is 48.2. The van der Waals surface area contributed by atoms with Crippen LogP contribution < -0.4 is 5.32 Å². The molecule has 0 fully saturated rings. The summed E-state index contributed by atoms with van der Waals surface area (Å²) in [7, 11) is 1.55. The zero-order chi connectivity index (χ0) is 26.9. The number of benzene rings is 2. The van der Waals surface area contributed by atoms with Crippen LogP contribution in [0.4, 0.5) is 5.69 Å². The normalized spacial score (nSPS) is 12.8. The van der Waals surface area contributed by atoms with Crippen molar-refractivity contribution >= 4 is 31.1 Å². The van der Waals surface area contributed by atoms with Gasteiger partial charge in [-0.05, 0) is 23.3 Å². The van der Waals surface area contributed by atoms with E-state index in [4.69, 9.17) is 18.5 Å². The number of carbonyl (C=O) groups is 3. The van der Waals surface area contributed by atoms with Gasteiger partial charge in [0.2, 0.25) is 0 Å². The van der Waals surface area contributed by atoms with E-state index >= 15 is 0 Å². The lowest BCUT2D eigenvalue weighted by molar-refractivity contribution is -0.384. The summed E-state index contributed by atoms with van der Waals surface area (Å²) in [5, 5.41) is 13.6. The Bertz CT molecular complexity index is 1130. The molecule has 0 bridgehead atoms. The molecule has 0 spiro atoms. The van der Waals surface area contributed by atoms with Crippen LogP contribution in [0.2, 0.25) is 0 Å². The summed E-state index contributed by atoms with van der Waals surface area (Å²) < 4.78 is 31.7. The van der Waals surface area contributed by atoms with Gasteiger partial charge in [0.15, 0.2) is 0 Å². The third-order valence-electron chi connectivity index (χ3n) is 5.44. The maximum Gasteiger partial charge on any atom is 0.334 e. The highest BCUT2D eigenvalue weighted by Gasteiger charge is 2.34. The SMILES string of the molecule is COC(=O)C[C@@H](c1ccc([N+](=O)[O-])cc1)[C@@H](NC(=O)c1ccc(CP(=O)(OC)OC)cc1)C(=O)OC. The smallest absolute Gasteiger partial charge is 0.334 e. The number of esters is 2. The molecule has 2 aromatic rings. The van der Waals surface area contributed by atoms with Crippen LogP contribution in [-0.2, 0) is 38.8 Å². The van der Waals surface area contributed by atoms with E-state index in [-0.39, 0.29) is 23.8 Å². The number of nitro groups is 1.